The molecule has 0 saturated carbocycles. The van der Waals surface area contributed by atoms with E-state index in [1.165, 1.54) is 12.4 Å². The van der Waals surface area contributed by atoms with Crippen molar-refractivity contribution in [1.29, 1.82) is 0 Å². The van der Waals surface area contributed by atoms with E-state index in [4.69, 9.17) is 16.3 Å². The Bertz CT molecular complexity index is 662. The second-order valence-electron chi connectivity index (χ2n) is 4.77. The lowest BCUT2D eigenvalue weighted by Crippen LogP contribution is -2.07. The van der Waals surface area contributed by atoms with E-state index in [2.05, 4.69) is 9.97 Å². The van der Waals surface area contributed by atoms with E-state index in [9.17, 15) is 8.78 Å². The van der Waals surface area contributed by atoms with Crippen LogP contribution in [0.5, 0.6) is 5.75 Å². The Hall–Kier alpha value is -1.75. The van der Waals surface area contributed by atoms with Crippen LogP contribution < -0.4 is 4.74 Å². The van der Waals surface area contributed by atoms with Gasteiger partial charge in [0.2, 0.25) is 0 Å². The van der Waals surface area contributed by atoms with Crippen LogP contribution in [-0.4, -0.2) is 16.1 Å². The van der Waals surface area contributed by atoms with Gasteiger partial charge in [0.25, 0.3) is 0 Å². The summed E-state index contributed by atoms with van der Waals surface area (Å²) in [7, 11) is 0. The maximum absolute atomic E-state index is 14.3. The number of halogens is 3. The molecule has 0 atom stereocenters. The van der Waals surface area contributed by atoms with Crippen LogP contribution in [0.2, 0.25) is 5.02 Å². The molecule has 0 radical (unpaired) electrons. The molecule has 0 amide bonds. The molecule has 1 heterocycles. The van der Waals surface area contributed by atoms with Crippen LogP contribution in [0.15, 0.2) is 18.5 Å². The van der Waals surface area contributed by atoms with Gasteiger partial charge in [-0.15, -0.1) is 0 Å². The number of nitrogens with zero attached hydrogens (tertiary/aromatic N) is 2. The van der Waals surface area contributed by atoms with Crippen molar-refractivity contribution < 1.29 is 13.5 Å². The average molecular weight is 313 g/mol. The summed E-state index contributed by atoms with van der Waals surface area (Å²) >= 11 is 5.94. The lowest BCUT2D eigenvalue weighted by atomic mass is 10.1. The minimum absolute atomic E-state index is 0.00431. The van der Waals surface area contributed by atoms with Gasteiger partial charge in [0.05, 0.1) is 16.8 Å². The third-order valence-corrected chi connectivity index (χ3v) is 3.13. The van der Waals surface area contributed by atoms with E-state index < -0.39 is 11.6 Å². The maximum atomic E-state index is 14.3. The predicted octanol–water partition coefficient (Wildman–Crippen LogP) is 4.42. The first-order valence-electron chi connectivity index (χ1n) is 6.59. The molecule has 0 aliphatic rings. The first-order valence-corrected chi connectivity index (χ1v) is 6.97. The zero-order valence-electron chi connectivity index (χ0n) is 12.0. The van der Waals surface area contributed by atoms with Gasteiger partial charge in [0, 0.05) is 5.56 Å². The summed E-state index contributed by atoms with van der Waals surface area (Å²) in [6.45, 7) is 5.40. The average Bonchev–Trinajstić information content (AvgIpc) is 2.42. The van der Waals surface area contributed by atoms with Gasteiger partial charge in [0.1, 0.15) is 23.6 Å². The normalized spacial score (nSPS) is 11.0. The third-order valence-electron chi connectivity index (χ3n) is 2.84. The largest absolute Gasteiger partial charge is 0.489 e. The molecule has 0 saturated heterocycles. The highest BCUT2D eigenvalue weighted by molar-refractivity contribution is 6.32. The Labute approximate surface area is 127 Å². The van der Waals surface area contributed by atoms with Crippen LogP contribution in [0.4, 0.5) is 8.78 Å². The fourth-order valence-corrected chi connectivity index (χ4v) is 2.09. The van der Waals surface area contributed by atoms with Crippen molar-refractivity contribution in [1.82, 2.24) is 9.97 Å². The number of hydrogen-bond acceptors (Lipinski definition) is 3. The van der Waals surface area contributed by atoms with Crippen molar-refractivity contribution in [2.75, 3.05) is 0 Å². The van der Waals surface area contributed by atoms with E-state index in [1.54, 1.807) is 6.92 Å². The van der Waals surface area contributed by atoms with Gasteiger partial charge in [-0.25, -0.2) is 18.7 Å². The number of aryl methyl sites for hydroxylation is 1. The summed E-state index contributed by atoms with van der Waals surface area (Å²) in [6, 6.07) is 2.46. The summed E-state index contributed by atoms with van der Waals surface area (Å²) in [5, 5.41) is 0.134. The zero-order chi connectivity index (χ0) is 15.6. The van der Waals surface area contributed by atoms with Crippen molar-refractivity contribution in [3.05, 3.63) is 40.8 Å². The second kappa shape index (κ2) is 6.35. The van der Waals surface area contributed by atoms with Crippen LogP contribution in [0.1, 0.15) is 26.5 Å². The molecule has 0 aliphatic heterocycles. The topological polar surface area (TPSA) is 35.0 Å². The Kier molecular flexibility index (Phi) is 4.73. The Morgan fingerprint density at radius 2 is 1.95 bits per heavy atom. The SMILES string of the molecule is CCc1ncnc(-c2cc(OC(C)C)c(Cl)cc2F)c1F. The molecule has 112 valence electrons. The maximum Gasteiger partial charge on any atom is 0.171 e. The molecule has 6 heteroatoms. The monoisotopic (exact) mass is 312 g/mol. The first kappa shape index (κ1) is 15.6. The van der Waals surface area contributed by atoms with Crippen LogP contribution in [-0.2, 0) is 6.42 Å². The van der Waals surface area contributed by atoms with Gasteiger partial charge in [0.15, 0.2) is 5.82 Å². The van der Waals surface area contributed by atoms with Crippen LogP contribution in [0.3, 0.4) is 0 Å². The molecule has 0 aliphatic carbocycles. The molecule has 0 bridgehead atoms. The minimum Gasteiger partial charge on any atom is -0.489 e. The van der Waals surface area contributed by atoms with E-state index in [0.717, 1.165) is 6.07 Å². The van der Waals surface area contributed by atoms with Crippen LogP contribution in [0, 0.1) is 11.6 Å². The smallest absolute Gasteiger partial charge is 0.171 e. The minimum atomic E-state index is -0.657. The Morgan fingerprint density at radius 1 is 1.24 bits per heavy atom. The zero-order valence-corrected chi connectivity index (χ0v) is 12.7. The second-order valence-corrected chi connectivity index (χ2v) is 5.17. The van der Waals surface area contributed by atoms with E-state index in [1.807, 2.05) is 13.8 Å². The van der Waals surface area contributed by atoms with Gasteiger partial charge >= 0.3 is 0 Å². The Balaban J connectivity index is 2.58. The van der Waals surface area contributed by atoms with Crippen molar-refractivity contribution >= 4 is 11.6 Å². The highest BCUT2D eigenvalue weighted by Gasteiger charge is 2.18. The summed E-state index contributed by atoms with van der Waals surface area (Å²) in [5.41, 5.74) is 0.148. The van der Waals surface area contributed by atoms with Crippen LogP contribution in [0.25, 0.3) is 11.3 Å². The summed E-state index contributed by atoms with van der Waals surface area (Å²) in [4.78, 5) is 7.68. The van der Waals surface area contributed by atoms with Gasteiger partial charge in [-0.1, -0.05) is 18.5 Å². The molecule has 0 spiro atoms. The highest BCUT2D eigenvalue weighted by atomic mass is 35.5. The molecule has 3 nitrogen and oxygen atoms in total. The summed E-state index contributed by atoms with van der Waals surface area (Å²) in [6.07, 6.45) is 1.47. The molecular weight excluding hydrogens is 298 g/mol. The molecule has 21 heavy (non-hydrogen) atoms. The van der Waals surface area contributed by atoms with Crippen LogP contribution >= 0.6 is 11.6 Å². The van der Waals surface area contributed by atoms with E-state index in [0.29, 0.717) is 12.2 Å². The molecule has 0 N–H and O–H groups in total. The summed E-state index contributed by atoms with van der Waals surface area (Å²) < 4.78 is 33.9. The van der Waals surface area contributed by atoms with E-state index >= 15 is 0 Å². The van der Waals surface area contributed by atoms with Crippen molar-refractivity contribution in [3.8, 4) is 17.0 Å². The number of benzene rings is 1. The number of rotatable bonds is 4. The fraction of sp³-hybridized carbons (Fsp3) is 0.333. The van der Waals surface area contributed by atoms with Crippen molar-refractivity contribution in [2.24, 2.45) is 0 Å². The van der Waals surface area contributed by atoms with Gasteiger partial charge in [-0.3, -0.25) is 0 Å². The Morgan fingerprint density at radius 3 is 2.57 bits per heavy atom. The third kappa shape index (κ3) is 3.29. The number of hydrogen-bond donors (Lipinski definition) is 0. The number of aromatic nitrogens is 2. The van der Waals surface area contributed by atoms with Crippen molar-refractivity contribution in [3.63, 3.8) is 0 Å². The highest BCUT2D eigenvalue weighted by Crippen LogP contribution is 2.34. The van der Waals surface area contributed by atoms with E-state index in [-0.39, 0.29) is 28.1 Å². The predicted molar refractivity (Wildman–Crippen MR) is 77.5 cm³/mol. The van der Waals surface area contributed by atoms with Gasteiger partial charge in [-0.2, -0.15) is 0 Å². The fourth-order valence-electron chi connectivity index (χ4n) is 1.90. The van der Waals surface area contributed by atoms with Gasteiger partial charge in [-0.05, 0) is 32.4 Å². The quantitative estimate of drug-likeness (QED) is 0.838. The molecule has 0 unspecified atom stereocenters. The number of ether oxygens (including phenoxy) is 1. The first-order chi connectivity index (χ1) is 9.93. The lowest BCUT2D eigenvalue weighted by molar-refractivity contribution is 0.242. The molecule has 0 fully saturated rings. The standard InChI is InChI=1S/C15H15ClF2N2O/c1-4-12-14(18)15(20-7-19-12)9-5-13(21-8(2)3)10(16)6-11(9)17/h5-8H,4H2,1-3H3. The molecule has 1 aromatic heterocycles. The molecule has 2 rings (SSSR count). The molecule has 2 aromatic rings. The molecular formula is C15H15ClF2N2O. The van der Waals surface area contributed by atoms with Gasteiger partial charge < -0.3 is 4.74 Å². The van der Waals surface area contributed by atoms with Crippen molar-refractivity contribution in [2.45, 2.75) is 33.3 Å². The lowest BCUT2D eigenvalue weighted by Gasteiger charge is -2.14. The summed E-state index contributed by atoms with van der Waals surface area (Å²) in [5.74, 6) is -0.994. The molecule has 1 aromatic carbocycles.